The summed E-state index contributed by atoms with van der Waals surface area (Å²) < 4.78 is 3.32. The molecule has 0 atom stereocenters. The number of nitriles is 1. The molecule has 0 aliphatic heterocycles. The minimum Gasteiger partial charge on any atom is -0.332 e. The number of rotatable bonds is 5. The number of halogens is 1. The number of nitrogens with one attached hydrogen (secondary N) is 2. The van der Waals surface area contributed by atoms with Gasteiger partial charge in [0.1, 0.15) is 6.07 Å². The number of hydrogen-bond donors (Lipinski definition) is 2. The molecule has 28 heavy (non-hydrogen) atoms. The summed E-state index contributed by atoms with van der Waals surface area (Å²) in [7, 11) is 1.88. The van der Waals surface area contributed by atoms with E-state index >= 15 is 0 Å². The Kier molecular flexibility index (Phi) is 4.75. The highest BCUT2D eigenvalue weighted by Gasteiger charge is 2.28. The predicted octanol–water partition coefficient (Wildman–Crippen LogP) is 3.33. The average molecular weight is 396 g/mol. The molecule has 1 fully saturated rings. The van der Waals surface area contributed by atoms with Gasteiger partial charge in [0, 0.05) is 24.3 Å². The normalized spacial score (nSPS) is 13.2. The second-order valence-corrected chi connectivity index (χ2v) is 7.11. The Hall–Kier alpha value is -3.31. The molecule has 2 heterocycles. The monoisotopic (exact) mass is 395 g/mol. The number of anilines is 1. The smallest absolute Gasteiger partial charge is 0.320 e. The van der Waals surface area contributed by atoms with Crippen LogP contribution in [0.2, 0.25) is 5.02 Å². The molecular formula is C19H18ClN7O. The molecule has 0 radical (unpaired) electrons. The molecule has 0 bridgehead atoms. The lowest BCUT2D eigenvalue weighted by Crippen LogP contribution is -2.29. The summed E-state index contributed by atoms with van der Waals surface area (Å²) >= 11 is 5.93. The van der Waals surface area contributed by atoms with E-state index in [0.717, 1.165) is 5.69 Å². The van der Waals surface area contributed by atoms with Crippen LogP contribution in [-0.4, -0.2) is 25.6 Å². The fourth-order valence-corrected chi connectivity index (χ4v) is 3.25. The highest BCUT2D eigenvalue weighted by atomic mass is 35.5. The van der Waals surface area contributed by atoms with Crippen molar-refractivity contribution in [1.29, 1.82) is 5.26 Å². The number of amides is 2. The Balaban J connectivity index is 1.41. The zero-order chi connectivity index (χ0) is 19.7. The summed E-state index contributed by atoms with van der Waals surface area (Å²) in [6, 6.07) is 8.36. The van der Waals surface area contributed by atoms with Crippen LogP contribution >= 0.6 is 11.6 Å². The highest BCUT2D eigenvalue weighted by molar-refractivity contribution is 6.30. The highest BCUT2D eigenvalue weighted by Crippen LogP contribution is 2.41. The van der Waals surface area contributed by atoms with E-state index < -0.39 is 0 Å². The lowest BCUT2D eigenvalue weighted by molar-refractivity contribution is 0.251. The Morgan fingerprint density at radius 1 is 1.39 bits per heavy atom. The number of hydrogen-bond acceptors (Lipinski definition) is 4. The fourth-order valence-electron chi connectivity index (χ4n) is 3.08. The van der Waals surface area contributed by atoms with Crippen LogP contribution in [0.1, 0.15) is 35.6 Å². The number of nitrogens with zero attached hydrogens (tertiary/aromatic N) is 5. The van der Waals surface area contributed by atoms with Gasteiger partial charge in [-0.3, -0.25) is 10.00 Å². The van der Waals surface area contributed by atoms with Crippen molar-refractivity contribution in [1.82, 2.24) is 24.9 Å². The number of carbonyl (C=O) groups excluding carboxylic acids is 1. The molecule has 1 aromatic carbocycles. The molecule has 2 aromatic heterocycles. The van der Waals surface area contributed by atoms with Crippen LogP contribution in [0.3, 0.4) is 0 Å². The van der Waals surface area contributed by atoms with E-state index in [1.54, 1.807) is 35.1 Å². The quantitative estimate of drug-likeness (QED) is 0.691. The van der Waals surface area contributed by atoms with Crippen LogP contribution in [-0.2, 0) is 13.6 Å². The molecular weight excluding hydrogens is 378 g/mol. The van der Waals surface area contributed by atoms with Crippen molar-refractivity contribution in [2.45, 2.75) is 25.3 Å². The van der Waals surface area contributed by atoms with Crippen LogP contribution in [0, 0.1) is 11.3 Å². The van der Waals surface area contributed by atoms with Gasteiger partial charge in [-0.15, -0.1) is 5.10 Å². The molecule has 8 nitrogen and oxygen atoms in total. The van der Waals surface area contributed by atoms with E-state index in [4.69, 9.17) is 11.6 Å². The average Bonchev–Trinajstić information content (AvgIpc) is 3.31. The van der Waals surface area contributed by atoms with Crippen LogP contribution in [0.25, 0.3) is 5.69 Å². The minimum absolute atomic E-state index is 0.357. The predicted molar refractivity (Wildman–Crippen MR) is 104 cm³/mol. The van der Waals surface area contributed by atoms with Crippen LogP contribution in [0.4, 0.5) is 10.6 Å². The maximum atomic E-state index is 12.3. The first-order chi connectivity index (χ1) is 13.5. The van der Waals surface area contributed by atoms with Crippen molar-refractivity contribution in [2.24, 2.45) is 7.05 Å². The largest absolute Gasteiger partial charge is 0.332 e. The lowest BCUT2D eigenvalue weighted by atomic mass is 10.1. The second kappa shape index (κ2) is 7.37. The van der Waals surface area contributed by atoms with Gasteiger partial charge in [-0.2, -0.15) is 10.4 Å². The fraction of sp³-hybridized carbons (Fsp3) is 0.263. The number of benzene rings is 1. The number of aryl methyl sites for hydroxylation is 1. The van der Waals surface area contributed by atoms with Gasteiger partial charge in [0.25, 0.3) is 0 Å². The molecule has 0 unspecified atom stereocenters. The summed E-state index contributed by atoms with van der Waals surface area (Å²) in [5.74, 6) is 0.946. The molecule has 0 spiro atoms. The summed E-state index contributed by atoms with van der Waals surface area (Å²) in [5.41, 5.74) is 3.21. The van der Waals surface area contributed by atoms with Crippen molar-refractivity contribution >= 4 is 23.4 Å². The van der Waals surface area contributed by atoms with E-state index in [1.165, 1.54) is 23.1 Å². The van der Waals surface area contributed by atoms with Gasteiger partial charge >= 0.3 is 6.03 Å². The number of aromatic nitrogens is 4. The molecule has 2 N–H and O–H groups in total. The molecule has 3 aromatic rings. The van der Waals surface area contributed by atoms with Gasteiger partial charge in [-0.1, -0.05) is 11.6 Å². The first kappa shape index (κ1) is 18.1. The summed E-state index contributed by atoms with van der Waals surface area (Å²) in [5, 5.41) is 23.9. The third-order valence-corrected chi connectivity index (χ3v) is 4.92. The Labute approximate surface area is 166 Å². The molecule has 142 valence electrons. The maximum Gasteiger partial charge on any atom is 0.320 e. The maximum absolute atomic E-state index is 12.3. The van der Waals surface area contributed by atoms with Gasteiger partial charge in [0.2, 0.25) is 0 Å². The molecule has 1 aliphatic rings. The Morgan fingerprint density at radius 2 is 2.21 bits per heavy atom. The van der Waals surface area contributed by atoms with Gasteiger partial charge in [-0.25, -0.2) is 9.48 Å². The summed E-state index contributed by atoms with van der Waals surface area (Å²) in [6.45, 7) is 0.393. The van der Waals surface area contributed by atoms with Crippen molar-refractivity contribution in [3.63, 3.8) is 0 Å². The topological polar surface area (TPSA) is 101 Å². The second-order valence-electron chi connectivity index (χ2n) is 6.67. The van der Waals surface area contributed by atoms with Crippen molar-refractivity contribution < 1.29 is 4.79 Å². The van der Waals surface area contributed by atoms with Gasteiger partial charge < -0.3 is 5.32 Å². The molecule has 1 saturated carbocycles. The molecule has 9 heteroatoms. The van der Waals surface area contributed by atoms with E-state index in [0.29, 0.717) is 34.6 Å². The SMILES string of the molecule is Cn1ncc(C2CC2)c1CNC(=O)Nc1ccn(-c2ccc(Cl)cc2C#N)n1. The van der Waals surface area contributed by atoms with Crippen LogP contribution in [0.5, 0.6) is 0 Å². The van der Waals surface area contributed by atoms with E-state index in [1.807, 2.05) is 13.2 Å². The third-order valence-electron chi connectivity index (χ3n) is 4.68. The lowest BCUT2D eigenvalue weighted by Gasteiger charge is -2.08. The molecule has 4 rings (SSSR count). The van der Waals surface area contributed by atoms with E-state index in [2.05, 4.69) is 26.9 Å². The molecule has 2 amide bonds. The third kappa shape index (κ3) is 3.70. The Bertz CT molecular complexity index is 1070. The molecule has 1 aliphatic carbocycles. The standard InChI is InChI=1S/C19H18ClN7O/c1-26-17(15(10-23-26)12-2-3-12)11-22-19(28)24-18-6-7-27(25-18)16-5-4-14(20)8-13(16)9-21/h4-8,10,12H,2-3,11H2,1H3,(H2,22,24,25,28). The van der Waals surface area contributed by atoms with E-state index in [9.17, 15) is 10.1 Å². The summed E-state index contributed by atoms with van der Waals surface area (Å²) in [4.78, 5) is 12.3. The Morgan fingerprint density at radius 3 is 2.96 bits per heavy atom. The van der Waals surface area contributed by atoms with Gasteiger partial charge in [0.15, 0.2) is 5.82 Å². The van der Waals surface area contributed by atoms with E-state index in [-0.39, 0.29) is 6.03 Å². The van der Waals surface area contributed by atoms with Crippen LogP contribution < -0.4 is 10.6 Å². The zero-order valence-corrected chi connectivity index (χ0v) is 15.9. The number of urea groups is 1. The molecule has 0 saturated heterocycles. The van der Waals surface area contributed by atoms with Crippen molar-refractivity contribution in [2.75, 3.05) is 5.32 Å². The van der Waals surface area contributed by atoms with Gasteiger partial charge in [0.05, 0.1) is 29.7 Å². The van der Waals surface area contributed by atoms with Crippen molar-refractivity contribution in [3.8, 4) is 11.8 Å². The van der Waals surface area contributed by atoms with Crippen molar-refractivity contribution in [3.05, 3.63) is 58.5 Å². The summed E-state index contributed by atoms with van der Waals surface area (Å²) in [6.07, 6.45) is 5.91. The first-order valence-corrected chi connectivity index (χ1v) is 9.24. The minimum atomic E-state index is -0.357. The zero-order valence-electron chi connectivity index (χ0n) is 15.2. The first-order valence-electron chi connectivity index (χ1n) is 8.86. The number of carbonyl (C=O) groups is 1. The van der Waals surface area contributed by atoms with Crippen LogP contribution in [0.15, 0.2) is 36.7 Å². The van der Waals surface area contributed by atoms with Gasteiger partial charge in [-0.05, 0) is 42.5 Å².